The van der Waals surface area contributed by atoms with Crippen LogP contribution in [0.15, 0.2) is 36.7 Å². The number of benzene rings is 1. The van der Waals surface area contributed by atoms with Crippen molar-refractivity contribution >= 4 is 5.82 Å². The molecule has 0 unspecified atom stereocenters. The summed E-state index contributed by atoms with van der Waals surface area (Å²) in [6, 6.07) is 2.34. The zero-order chi connectivity index (χ0) is 26.2. The van der Waals surface area contributed by atoms with Crippen LogP contribution < -0.4 is 4.90 Å². The number of hydrogen-bond donors (Lipinski definition) is 2. The molecular weight excluding hydrogens is 499 g/mol. The summed E-state index contributed by atoms with van der Waals surface area (Å²) in [7, 11) is 0. The van der Waals surface area contributed by atoms with Crippen LogP contribution in [0.1, 0.15) is 35.1 Å². The number of anilines is 1. The van der Waals surface area contributed by atoms with Gasteiger partial charge in [0.1, 0.15) is 29.8 Å². The van der Waals surface area contributed by atoms with E-state index in [2.05, 4.69) is 15.2 Å². The third kappa shape index (κ3) is 3.88. The molecule has 2 N–H and O–H groups in total. The van der Waals surface area contributed by atoms with E-state index in [1.54, 1.807) is 0 Å². The summed E-state index contributed by atoms with van der Waals surface area (Å²) >= 11 is 0. The van der Waals surface area contributed by atoms with Crippen LogP contribution in [0.5, 0.6) is 0 Å². The predicted molar refractivity (Wildman–Crippen MR) is 109 cm³/mol. The van der Waals surface area contributed by atoms with Gasteiger partial charge in [0.25, 0.3) is 0 Å². The molecule has 2 fully saturated rings. The number of hydrogen-bond acceptors (Lipinski definition) is 6. The Bertz CT molecular complexity index is 1280. The van der Waals surface area contributed by atoms with Crippen LogP contribution in [0.4, 0.5) is 36.6 Å². The fourth-order valence-electron chi connectivity index (χ4n) is 5.05. The molecule has 1 aliphatic carbocycles. The van der Waals surface area contributed by atoms with Gasteiger partial charge in [0.2, 0.25) is 0 Å². The summed E-state index contributed by atoms with van der Waals surface area (Å²) in [5.41, 5.74) is -2.65. The first kappa shape index (κ1) is 24.4. The fourth-order valence-corrected chi connectivity index (χ4v) is 5.05. The Hall–Kier alpha value is -3.26. The number of aliphatic hydroxyl groups excluding tert-OH is 2. The van der Waals surface area contributed by atoms with E-state index in [0.29, 0.717) is 11.8 Å². The first-order valence-corrected chi connectivity index (χ1v) is 10.7. The lowest BCUT2D eigenvalue weighted by Crippen LogP contribution is -2.51. The van der Waals surface area contributed by atoms with Crippen molar-refractivity contribution in [3.05, 3.63) is 65.1 Å². The van der Waals surface area contributed by atoms with Gasteiger partial charge in [0.05, 0.1) is 23.8 Å². The number of fused-ring (bicyclic) bond motifs is 2. The Morgan fingerprint density at radius 2 is 1.69 bits per heavy atom. The normalized spacial score (nSPS) is 26.2. The van der Waals surface area contributed by atoms with Crippen LogP contribution >= 0.6 is 0 Å². The van der Waals surface area contributed by atoms with E-state index in [4.69, 9.17) is 0 Å². The van der Waals surface area contributed by atoms with Crippen molar-refractivity contribution in [1.82, 2.24) is 19.7 Å². The molecule has 0 amide bonds. The third-order valence-electron chi connectivity index (χ3n) is 6.71. The molecule has 0 spiro atoms. The van der Waals surface area contributed by atoms with Crippen molar-refractivity contribution in [3.63, 3.8) is 0 Å². The van der Waals surface area contributed by atoms with E-state index in [1.807, 2.05) is 0 Å². The maximum Gasteiger partial charge on any atom is 0.433 e. The lowest BCUT2D eigenvalue weighted by molar-refractivity contribution is -0.145. The Balaban J connectivity index is 1.68. The van der Waals surface area contributed by atoms with Crippen LogP contribution in [0, 0.1) is 18.7 Å². The molecule has 3 aromatic rings. The number of aryl methyl sites for hydroxylation is 1. The van der Waals surface area contributed by atoms with Gasteiger partial charge >= 0.3 is 12.4 Å². The van der Waals surface area contributed by atoms with E-state index in [9.17, 15) is 40.9 Å². The van der Waals surface area contributed by atoms with Gasteiger partial charge in [0.15, 0.2) is 5.82 Å². The average molecular weight is 517 g/mol. The average Bonchev–Trinajstić information content (AvgIpc) is 3.49. The van der Waals surface area contributed by atoms with Gasteiger partial charge in [-0.05, 0) is 49.2 Å². The molecule has 2 aromatic heterocycles. The second-order valence-corrected chi connectivity index (χ2v) is 8.89. The van der Waals surface area contributed by atoms with Crippen molar-refractivity contribution in [2.45, 2.75) is 50.0 Å². The lowest BCUT2D eigenvalue weighted by atomic mass is 9.93. The SMILES string of the molecule is Cc1cc(-n2cnnc2[C@@H]2[C@@H]3C[C@@H]([C@@H](O)[C@H]3O)N2c2cc(C(F)(F)F)cc(C(F)(F)F)n2)ccc1F. The minimum atomic E-state index is -5.17. The highest BCUT2D eigenvalue weighted by atomic mass is 19.4. The molecule has 1 saturated carbocycles. The number of alkyl halides is 6. The number of halogens is 7. The molecule has 7 nitrogen and oxygen atoms in total. The molecule has 0 radical (unpaired) electrons. The third-order valence-corrected chi connectivity index (χ3v) is 6.71. The van der Waals surface area contributed by atoms with Crippen LogP contribution in [0.3, 0.4) is 0 Å². The molecule has 1 saturated heterocycles. The summed E-state index contributed by atoms with van der Waals surface area (Å²) in [6.45, 7) is 1.51. The summed E-state index contributed by atoms with van der Waals surface area (Å²) < 4.78 is 96.2. The van der Waals surface area contributed by atoms with Gasteiger partial charge in [-0.15, -0.1) is 10.2 Å². The van der Waals surface area contributed by atoms with Gasteiger partial charge in [0, 0.05) is 11.6 Å². The maximum absolute atomic E-state index is 13.8. The second kappa shape index (κ2) is 8.13. The second-order valence-electron chi connectivity index (χ2n) is 8.89. The van der Waals surface area contributed by atoms with Crippen molar-refractivity contribution in [2.75, 3.05) is 4.90 Å². The van der Waals surface area contributed by atoms with E-state index in [1.165, 1.54) is 36.0 Å². The minimum absolute atomic E-state index is 0.0571. The van der Waals surface area contributed by atoms with Gasteiger partial charge in [-0.25, -0.2) is 9.37 Å². The van der Waals surface area contributed by atoms with Crippen molar-refractivity contribution < 1.29 is 40.9 Å². The van der Waals surface area contributed by atoms with E-state index < -0.39 is 65.5 Å². The Morgan fingerprint density at radius 3 is 2.33 bits per heavy atom. The van der Waals surface area contributed by atoms with Gasteiger partial charge in [-0.2, -0.15) is 26.3 Å². The molecule has 5 atom stereocenters. The Morgan fingerprint density at radius 1 is 0.972 bits per heavy atom. The lowest BCUT2D eigenvalue weighted by Gasteiger charge is -2.40. The molecular formula is C22H18F7N5O2. The zero-order valence-corrected chi connectivity index (χ0v) is 18.3. The largest absolute Gasteiger partial charge is 0.433 e. The summed E-state index contributed by atoms with van der Waals surface area (Å²) in [6.07, 6.45) is -11.7. The molecule has 14 heteroatoms. The van der Waals surface area contributed by atoms with Gasteiger partial charge in [-0.1, -0.05) is 0 Å². The number of piperidine rings is 1. The molecule has 1 aromatic carbocycles. The van der Waals surface area contributed by atoms with Crippen LogP contribution in [-0.4, -0.2) is 48.2 Å². The number of rotatable bonds is 3. The van der Waals surface area contributed by atoms with Crippen LogP contribution in [0.2, 0.25) is 0 Å². The summed E-state index contributed by atoms with van der Waals surface area (Å²) in [4.78, 5) is 4.60. The van der Waals surface area contributed by atoms with Crippen molar-refractivity contribution in [2.24, 2.45) is 5.92 Å². The summed E-state index contributed by atoms with van der Waals surface area (Å²) in [5.74, 6) is -1.89. The monoisotopic (exact) mass is 517 g/mol. The highest BCUT2D eigenvalue weighted by molar-refractivity contribution is 5.51. The number of pyridine rings is 1. The Kier molecular flexibility index (Phi) is 5.52. The van der Waals surface area contributed by atoms with Gasteiger partial charge < -0.3 is 15.1 Å². The summed E-state index contributed by atoms with van der Waals surface area (Å²) in [5, 5.41) is 28.9. The van der Waals surface area contributed by atoms with Crippen LogP contribution in [-0.2, 0) is 12.4 Å². The van der Waals surface area contributed by atoms with Crippen molar-refractivity contribution in [3.8, 4) is 5.69 Å². The topological polar surface area (TPSA) is 87.3 Å². The zero-order valence-electron chi connectivity index (χ0n) is 18.3. The molecule has 5 rings (SSSR count). The first-order valence-electron chi connectivity index (χ1n) is 10.7. The number of aromatic nitrogens is 4. The molecule has 3 heterocycles. The highest BCUT2D eigenvalue weighted by Gasteiger charge is 2.59. The first-order chi connectivity index (χ1) is 16.8. The standard InChI is InChI=1S/C22H18F7N5O2/c1-9-4-11(2-3-13(9)23)33-8-30-32-20(33)17-12-7-14(19(36)18(12)35)34(17)16-6-10(21(24,25)26)5-15(31-16)22(27,28)29/h2-6,8,12,14,17-19,35-36H,7H2,1H3/t12-,14-,17-,18-,19+/m0/s1. The van der Waals surface area contributed by atoms with E-state index in [-0.39, 0.29) is 23.9 Å². The van der Waals surface area contributed by atoms with Crippen LogP contribution in [0.25, 0.3) is 5.69 Å². The minimum Gasteiger partial charge on any atom is -0.390 e. The molecule has 36 heavy (non-hydrogen) atoms. The Labute approximate surface area is 198 Å². The van der Waals surface area contributed by atoms with Gasteiger partial charge in [-0.3, -0.25) is 4.57 Å². The molecule has 192 valence electrons. The smallest absolute Gasteiger partial charge is 0.390 e. The fraction of sp³-hybridized carbons (Fsp3) is 0.409. The maximum atomic E-state index is 13.8. The molecule has 2 aliphatic rings. The highest BCUT2D eigenvalue weighted by Crippen LogP contribution is 2.52. The predicted octanol–water partition coefficient (Wildman–Crippen LogP) is 3.82. The number of aliphatic hydroxyl groups is 2. The quantitative estimate of drug-likeness (QED) is 0.514. The van der Waals surface area contributed by atoms with E-state index in [0.717, 1.165) is 4.90 Å². The van der Waals surface area contributed by atoms with Crippen molar-refractivity contribution in [1.29, 1.82) is 0 Å². The molecule has 1 aliphatic heterocycles. The number of nitrogens with zero attached hydrogens (tertiary/aromatic N) is 5. The van der Waals surface area contributed by atoms with E-state index >= 15 is 0 Å². The molecule has 2 bridgehead atoms.